The van der Waals surface area contributed by atoms with Crippen LogP contribution in [0, 0.1) is 12.8 Å². The van der Waals surface area contributed by atoms with Crippen molar-refractivity contribution in [1.29, 1.82) is 0 Å². The third-order valence-electron chi connectivity index (χ3n) is 3.08. The van der Waals surface area contributed by atoms with Gasteiger partial charge in [-0.25, -0.2) is 0 Å². The van der Waals surface area contributed by atoms with Crippen LogP contribution in [-0.2, 0) is 4.79 Å². The molecule has 1 N–H and O–H groups in total. The second-order valence-corrected chi connectivity index (χ2v) is 6.84. The van der Waals surface area contributed by atoms with Crippen molar-refractivity contribution < 1.29 is 4.79 Å². The number of aryl methyl sites for hydroxylation is 1. The number of nitrogens with zero attached hydrogens (tertiary/aromatic N) is 3. The van der Waals surface area contributed by atoms with Crippen molar-refractivity contribution in [3.05, 3.63) is 5.82 Å². The molecule has 0 bridgehead atoms. The Morgan fingerprint density at radius 2 is 2.11 bits per heavy atom. The molecule has 0 aliphatic heterocycles. The van der Waals surface area contributed by atoms with Gasteiger partial charge in [-0.15, -0.1) is 10.2 Å². The van der Waals surface area contributed by atoms with Crippen LogP contribution >= 0.6 is 11.8 Å². The Morgan fingerprint density at radius 1 is 1.42 bits per heavy atom. The number of hydrogen-bond donors (Lipinski definition) is 1. The molecule has 1 aromatic heterocycles. The Labute approximate surface area is 118 Å². The van der Waals surface area contributed by atoms with Crippen LogP contribution in [0.5, 0.6) is 0 Å². The SMILES string of the molecule is Cc1nnc(S[C@H](C)C(=O)NCC(C)C)n1C1CC1. The molecule has 0 saturated heterocycles. The minimum atomic E-state index is -0.139. The molecule has 1 atom stereocenters. The predicted molar refractivity (Wildman–Crippen MR) is 76.2 cm³/mol. The van der Waals surface area contributed by atoms with Crippen LogP contribution < -0.4 is 5.32 Å². The van der Waals surface area contributed by atoms with Crippen molar-refractivity contribution in [3.63, 3.8) is 0 Å². The van der Waals surface area contributed by atoms with Gasteiger partial charge in [0.25, 0.3) is 0 Å². The fourth-order valence-electron chi connectivity index (χ4n) is 1.84. The Bertz CT molecular complexity index is 453. The van der Waals surface area contributed by atoms with E-state index in [1.807, 2.05) is 13.8 Å². The van der Waals surface area contributed by atoms with E-state index in [2.05, 4.69) is 33.9 Å². The Hall–Kier alpha value is -1.04. The molecule has 5 nitrogen and oxygen atoms in total. The van der Waals surface area contributed by atoms with Gasteiger partial charge in [0.2, 0.25) is 5.91 Å². The molecule has 1 saturated carbocycles. The topological polar surface area (TPSA) is 59.8 Å². The summed E-state index contributed by atoms with van der Waals surface area (Å²) in [5.74, 6) is 1.49. The highest BCUT2D eigenvalue weighted by atomic mass is 32.2. The number of nitrogens with one attached hydrogen (secondary N) is 1. The number of aromatic nitrogens is 3. The molecule has 0 radical (unpaired) electrons. The standard InChI is InChI=1S/C13H22N4OS/c1-8(2)7-14-12(18)9(3)19-13-16-15-10(4)17(13)11-5-6-11/h8-9,11H,5-7H2,1-4H3,(H,14,18)/t9-/m1/s1. The molecule has 1 aliphatic rings. The van der Waals surface area contributed by atoms with Gasteiger partial charge in [0.05, 0.1) is 5.25 Å². The summed E-state index contributed by atoms with van der Waals surface area (Å²) in [6.07, 6.45) is 2.39. The highest BCUT2D eigenvalue weighted by molar-refractivity contribution is 8.00. The molecular weight excluding hydrogens is 260 g/mol. The molecule has 1 aromatic rings. The first-order valence-corrected chi connectivity index (χ1v) is 7.73. The fourth-order valence-corrected chi connectivity index (χ4v) is 2.83. The lowest BCUT2D eigenvalue weighted by molar-refractivity contribution is -0.120. The maximum atomic E-state index is 12.0. The molecule has 1 heterocycles. The first-order valence-electron chi connectivity index (χ1n) is 6.85. The molecule has 1 fully saturated rings. The molecule has 2 rings (SSSR count). The van der Waals surface area contributed by atoms with E-state index >= 15 is 0 Å². The lowest BCUT2D eigenvalue weighted by atomic mass is 10.2. The van der Waals surface area contributed by atoms with Crippen LogP contribution in [0.3, 0.4) is 0 Å². The fraction of sp³-hybridized carbons (Fsp3) is 0.769. The zero-order valence-electron chi connectivity index (χ0n) is 12.0. The third-order valence-corrected chi connectivity index (χ3v) is 4.14. The maximum absolute atomic E-state index is 12.0. The van der Waals surface area contributed by atoms with E-state index in [1.165, 1.54) is 24.6 Å². The zero-order chi connectivity index (χ0) is 14.0. The first-order chi connectivity index (χ1) is 8.99. The van der Waals surface area contributed by atoms with E-state index < -0.39 is 0 Å². The molecule has 1 amide bonds. The summed E-state index contributed by atoms with van der Waals surface area (Å²) < 4.78 is 2.16. The summed E-state index contributed by atoms with van der Waals surface area (Å²) in [7, 11) is 0. The van der Waals surface area contributed by atoms with Gasteiger partial charge in [0.1, 0.15) is 5.82 Å². The summed E-state index contributed by atoms with van der Waals surface area (Å²) in [6, 6.07) is 0.545. The van der Waals surface area contributed by atoms with Crippen molar-refractivity contribution in [3.8, 4) is 0 Å². The average molecular weight is 282 g/mol. The van der Waals surface area contributed by atoms with Crippen LogP contribution in [0.15, 0.2) is 5.16 Å². The van der Waals surface area contributed by atoms with Crippen molar-refractivity contribution in [2.24, 2.45) is 5.92 Å². The summed E-state index contributed by atoms with van der Waals surface area (Å²) in [5.41, 5.74) is 0. The number of carbonyl (C=O) groups is 1. The van der Waals surface area contributed by atoms with Crippen molar-refractivity contribution in [2.75, 3.05) is 6.54 Å². The molecule has 0 spiro atoms. The molecule has 0 aromatic carbocycles. The summed E-state index contributed by atoms with van der Waals surface area (Å²) in [4.78, 5) is 12.0. The molecule has 19 heavy (non-hydrogen) atoms. The minimum absolute atomic E-state index is 0.0710. The molecular formula is C13H22N4OS. The second-order valence-electron chi connectivity index (χ2n) is 5.53. The molecule has 0 unspecified atom stereocenters. The number of carbonyl (C=O) groups excluding carboxylic acids is 1. The first kappa shape index (κ1) is 14.4. The van der Waals surface area contributed by atoms with Crippen molar-refractivity contribution in [2.45, 2.75) is 57.0 Å². The van der Waals surface area contributed by atoms with Gasteiger partial charge in [-0.05, 0) is 32.6 Å². The normalized spacial score (nSPS) is 16.7. The Kier molecular flexibility index (Phi) is 4.50. The lowest BCUT2D eigenvalue weighted by Crippen LogP contribution is -2.33. The Balaban J connectivity index is 1.95. The number of thioether (sulfide) groups is 1. The second kappa shape index (κ2) is 5.94. The average Bonchev–Trinajstić information content (AvgIpc) is 3.12. The van der Waals surface area contributed by atoms with E-state index in [0.29, 0.717) is 12.0 Å². The largest absolute Gasteiger partial charge is 0.355 e. The van der Waals surface area contributed by atoms with Crippen LogP contribution in [0.4, 0.5) is 0 Å². The predicted octanol–water partition coefficient (Wildman–Crippen LogP) is 2.17. The quantitative estimate of drug-likeness (QED) is 0.812. The third kappa shape index (κ3) is 3.72. The van der Waals surface area contributed by atoms with Gasteiger partial charge in [-0.3, -0.25) is 4.79 Å². The van der Waals surface area contributed by atoms with Crippen molar-refractivity contribution in [1.82, 2.24) is 20.1 Å². The summed E-state index contributed by atoms with van der Waals surface area (Å²) in [5, 5.41) is 12.0. The van der Waals surface area contributed by atoms with E-state index in [-0.39, 0.29) is 11.2 Å². The van der Waals surface area contributed by atoms with E-state index in [9.17, 15) is 4.79 Å². The number of hydrogen-bond acceptors (Lipinski definition) is 4. The smallest absolute Gasteiger partial charge is 0.233 e. The molecule has 1 aliphatic carbocycles. The Morgan fingerprint density at radius 3 is 2.68 bits per heavy atom. The van der Waals surface area contributed by atoms with Gasteiger partial charge >= 0.3 is 0 Å². The van der Waals surface area contributed by atoms with Gasteiger partial charge in [0, 0.05) is 12.6 Å². The highest BCUT2D eigenvalue weighted by Crippen LogP contribution is 2.39. The minimum Gasteiger partial charge on any atom is -0.355 e. The van der Waals surface area contributed by atoms with Gasteiger partial charge in [0.15, 0.2) is 5.16 Å². The van der Waals surface area contributed by atoms with E-state index in [0.717, 1.165) is 17.5 Å². The maximum Gasteiger partial charge on any atom is 0.233 e. The summed E-state index contributed by atoms with van der Waals surface area (Å²) in [6.45, 7) is 8.79. The van der Waals surface area contributed by atoms with Crippen molar-refractivity contribution >= 4 is 17.7 Å². The van der Waals surface area contributed by atoms with E-state index in [1.54, 1.807) is 0 Å². The van der Waals surface area contributed by atoms with Gasteiger partial charge in [-0.1, -0.05) is 25.6 Å². The van der Waals surface area contributed by atoms with Crippen LogP contribution in [-0.4, -0.2) is 32.5 Å². The zero-order valence-corrected chi connectivity index (χ0v) is 12.8. The number of rotatable bonds is 6. The summed E-state index contributed by atoms with van der Waals surface area (Å²) >= 11 is 1.50. The van der Waals surface area contributed by atoms with E-state index in [4.69, 9.17) is 0 Å². The highest BCUT2D eigenvalue weighted by Gasteiger charge is 2.29. The molecule has 6 heteroatoms. The van der Waals surface area contributed by atoms with Crippen LogP contribution in [0.2, 0.25) is 0 Å². The monoisotopic (exact) mass is 282 g/mol. The number of amides is 1. The van der Waals surface area contributed by atoms with Crippen LogP contribution in [0.1, 0.15) is 45.5 Å². The van der Waals surface area contributed by atoms with Gasteiger partial charge < -0.3 is 9.88 Å². The van der Waals surface area contributed by atoms with Gasteiger partial charge in [-0.2, -0.15) is 0 Å². The molecule has 106 valence electrons. The lowest BCUT2D eigenvalue weighted by Gasteiger charge is -2.13. The van der Waals surface area contributed by atoms with Crippen LogP contribution in [0.25, 0.3) is 0 Å².